The molecule has 216 valence electrons. The van der Waals surface area contributed by atoms with Crippen LogP contribution in [0.5, 0.6) is 17.5 Å². The molecule has 0 bridgehead atoms. The van der Waals surface area contributed by atoms with Crippen molar-refractivity contribution < 1.29 is 23.7 Å². The molecule has 4 aromatic rings. The lowest BCUT2D eigenvalue weighted by Gasteiger charge is -2.38. The van der Waals surface area contributed by atoms with E-state index in [0.29, 0.717) is 57.3 Å². The summed E-state index contributed by atoms with van der Waals surface area (Å²) in [4.78, 5) is 7.12. The minimum Gasteiger partial charge on any atom is -0.489 e. The highest BCUT2D eigenvalue weighted by atomic mass is 16.7. The summed E-state index contributed by atoms with van der Waals surface area (Å²) < 4.78 is 30.8. The van der Waals surface area contributed by atoms with Crippen molar-refractivity contribution in [2.24, 2.45) is 0 Å². The third-order valence-electron chi connectivity index (χ3n) is 8.43. The molecule has 2 fully saturated rings. The molecule has 7 heteroatoms. The summed E-state index contributed by atoms with van der Waals surface area (Å²) in [6, 6.07) is 30.7. The molecule has 1 aromatic heterocycles. The Bertz CT molecular complexity index is 1480. The minimum atomic E-state index is -0.376. The van der Waals surface area contributed by atoms with Gasteiger partial charge in [-0.1, -0.05) is 72.8 Å². The van der Waals surface area contributed by atoms with E-state index in [2.05, 4.69) is 41.3 Å². The Hall–Kier alpha value is -4.07. The molecule has 42 heavy (non-hydrogen) atoms. The molecule has 1 saturated heterocycles. The van der Waals surface area contributed by atoms with E-state index < -0.39 is 0 Å². The molecular weight excluding hydrogens is 528 g/mol. The summed E-state index contributed by atoms with van der Waals surface area (Å²) in [5.74, 6) is 2.05. The highest BCUT2D eigenvalue weighted by molar-refractivity contribution is 5.75. The molecule has 0 N–H and O–H groups in total. The Labute approximate surface area is 247 Å². The number of pyridine rings is 1. The molecule has 2 aliphatic heterocycles. The van der Waals surface area contributed by atoms with E-state index in [1.54, 1.807) is 0 Å². The molecular formula is C35H36N2O5. The normalized spacial score (nSPS) is 18.0. The van der Waals surface area contributed by atoms with Gasteiger partial charge in [0, 0.05) is 18.9 Å². The van der Waals surface area contributed by atoms with Crippen molar-refractivity contribution in [3.8, 4) is 17.5 Å². The predicted molar refractivity (Wildman–Crippen MR) is 161 cm³/mol. The van der Waals surface area contributed by atoms with Crippen LogP contribution >= 0.6 is 0 Å². The number of hydrogen-bond donors (Lipinski definition) is 0. The van der Waals surface area contributed by atoms with Gasteiger partial charge in [0.1, 0.15) is 31.3 Å². The van der Waals surface area contributed by atoms with Crippen molar-refractivity contribution in [2.75, 3.05) is 31.3 Å². The predicted octanol–water partition coefficient (Wildman–Crippen LogP) is 7.17. The number of aromatic nitrogens is 1. The Balaban J connectivity index is 1.16. The number of nitrogens with zero attached hydrogens (tertiary/aromatic N) is 2. The standard InChI is InChI=1S/C35H36N2O5/c1-3-8-26(9-4-1)24-39-32-15-14-31(34(36-32)40-25-27-10-5-2-6-11-27)37-20-21-38-33-29(12-7-13-30(33)37)28-16-18-35(19-17-28)41-22-23-42-35/h1-15,28H,16-25H2. The zero-order chi connectivity index (χ0) is 28.2. The van der Waals surface area contributed by atoms with Gasteiger partial charge in [-0.2, -0.15) is 4.98 Å². The van der Waals surface area contributed by atoms with Gasteiger partial charge in [-0.3, -0.25) is 0 Å². The molecule has 0 unspecified atom stereocenters. The largest absolute Gasteiger partial charge is 0.489 e. The lowest BCUT2D eigenvalue weighted by atomic mass is 9.80. The molecule has 3 heterocycles. The Morgan fingerprint density at radius 2 is 1.40 bits per heavy atom. The van der Waals surface area contributed by atoms with E-state index in [1.807, 2.05) is 54.6 Å². The first-order valence-electron chi connectivity index (χ1n) is 14.9. The van der Waals surface area contributed by atoms with Crippen LogP contribution in [0.2, 0.25) is 0 Å². The van der Waals surface area contributed by atoms with E-state index in [-0.39, 0.29) is 5.79 Å². The Morgan fingerprint density at radius 3 is 2.12 bits per heavy atom. The van der Waals surface area contributed by atoms with E-state index in [1.165, 1.54) is 5.56 Å². The average Bonchev–Trinajstić information content (AvgIpc) is 3.51. The third-order valence-corrected chi connectivity index (χ3v) is 8.43. The highest BCUT2D eigenvalue weighted by Crippen LogP contribution is 2.49. The highest BCUT2D eigenvalue weighted by Gasteiger charge is 2.41. The number of ether oxygens (including phenoxy) is 5. The quantitative estimate of drug-likeness (QED) is 0.225. The first-order chi connectivity index (χ1) is 20.8. The maximum atomic E-state index is 6.38. The fraction of sp³-hybridized carbons (Fsp3) is 0.343. The van der Waals surface area contributed by atoms with E-state index in [4.69, 9.17) is 28.7 Å². The Kier molecular flexibility index (Phi) is 7.68. The van der Waals surface area contributed by atoms with Crippen LogP contribution in [0, 0.1) is 0 Å². The van der Waals surface area contributed by atoms with E-state index in [9.17, 15) is 0 Å². The number of fused-ring (bicyclic) bond motifs is 1. The van der Waals surface area contributed by atoms with Crippen molar-refractivity contribution in [3.05, 3.63) is 108 Å². The second-order valence-electron chi connectivity index (χ2n) is 11.1. The summed E-state index contributed by atoms with van der Waals surface area (Å²) in [7, 11) is 0. The molecule has 1 spiro atoms. The molecule has 0 atom stereocenters. The first-order valence-corrected chi connectivity index (χ1v) is 14.9. The third kappa shape index (κ3) is 5.67. The average molecular weight is 565 g/mol. The van der Waals surface area contributed by atoms with Crippen LogP contribution in [-0.2, 0) is 22.7 Å². The topological polar surface area (TPSA) is 62.3 Å². The van der Waals surface area contributed by atoms with Gasteiger partial charge in [-0.25, -0.2) is 0 Å². The van der Waals surface area contributed by atoms with Crippen LogP contribution < -0.4 is 19.1 Å². The molecule has 3 aromatic carbocycles. The fourth-order valence-electron chi connectivity index (χ4n) is 6.26. The fourth-order valence-corrected chi connectivity index (χ4v) is 6.26. The van der Waals surface area contributed by atoms with Crippen molar-refractivity contribution in [2.45, 2.75) is 50.6 Å². The number of para-hydroxylation sites is 1. The summed E-state index contributed by atoms with van der Waals surface area (Å²) in [5.41, 5.74) is 5.36. The monoisotopic (exact) mass is 564 g/mol. The smallest absolute Gasteiger partial charge is 0.241 e. The molecule has 7 rings (SSSR count). The minimum absolute atomic E-state index is 0.376. The van der Waals surface area contributed by atoms with Gasteiger partial charge in [0.05, 0.1) is 25.4 Å². The lowest BCUT2D eigenvalue weighted by Crippen LogP contribution is -2.35. The second-order valence-corrected chi connectivity index (χ2v) is 11.1. The van der Waals surface area contributed by atoms with Crippen LogP contribution in [0.1, 0.15) is 48.3 Å². The molecule has 7 nitrogen and oxygen atoms in total. The maximum absolute atomic E-state index is 6.38. The van der Waals surface area contributed by atoms with E-state index >= 15 is 0 Å². The van der Waals surface area contributed by atoms with Gasteiger partial charge < -0.3 is 28.6 Å². The van der Waals surface area contributed by atoms with Gasteiger partial charge in [0.2, 0.25) is 11.8 Å². The number of anilines is 2. The van der Waals surface area contributed by atoms with Crippen molar-refractivity contribution in [1.82, 2.24) is 4.98 Å². The maximum Gasteiger partial charge on any atom is 0.241 e. The van der Waals surface area contributed by atoms with Crippen LogP contribution in [0.3, 0.4) is 0 Å². The lowest BCUT2D eigenvalue weighted by molar-refractivity contribution is -0.178. The number of rotatable bonds is 8. The van der Waals surface area contributed by atoms with Gasteiger partial charge in [0.25, 0.3) is 0 Å². The molecule has 1 saturated carbocycles. The van der Waals surface area contributed by atoms with Gasteiger partial charge in [0.15, 0.2) is 5.79 Å². The Morgan fingerprint density at radius 1 is 0.714 bits per heavy atom. The summed E-state index contributed by atoms with van der Waals surface area (Å²) in [5, 5.41) is 0. The van der Waals surface area contributed by atoms with Gasteiger partial charge in [-0.15, -0.1) is 0 Å². The molecule has 0 radical (unpaired) electrons. The number of benzene rings is 3. The van der Waals surface area contributed by atoms with E-state index in [0.717, 1.165) is 53.9 Å². The number of hydrogen-bond acceptors (Lipinski definition) is 7. The van der Waals surface area contributed by atoms with Crippen LogP contribution in [0.4, 0.5) is 11.4 Å². The second kappa shape index (κ2) is 12.0. The van der Waals surface area contributed by atoms with Crippen LogP contribution in [-0.4, -0.2) is 37.1 Å². The first kappa shape index (κ1) is 26.8. The summed E-state index contributed by atoms with van der Waals surface area (Å²) in [6.07, 6.45) is 3.86. The summed E-state index contributed by atoms with van der Waals surface area (Å²) in [6.45, 7) is 3.52. The zero-order valence-corrected chi connectivity index (χ0v) is 23.7. The molecule has 3 aliphatic rings. The van der Waals surface area contributed by atoms with Crippen molar-refractivity contribution in [3.63, 3.8) is 0 Å². The van der Waals surface area contributed by atoms with Gasteiger partial charge in [-0.05, 0) is 47.6 Å². The molecule has 0 amide bonds. The van der Waals surface area contributed by atoms with Crippen LogP contribution in [0.15, 0.2) is 91.0 Å². The van der Waals surface area contributed by atoms with Crippen molar-refractivity contribution >= 4 is 11.4 Å². The SMILES string of the molecule is c1ccc(COc2ccc(N3CCOc4c(C5CCC6(CC5)OCCO6)cccc43)c(OCc3ccccc3)n2)cc1. The zero-order valence-electron chi connectivity index (χ0n) is 23.7. The summed E-state index contributed by atoms with van der Waals surface area (Å²) >= 11 is 0. The van der Waals surface area contributed by atoms with Crippen molar-refractivity contribution in [1.29, 1.82) is 0 Å². The molecule has 1 aliphatic carbocycles. The van der Waals surface area contributed by atoms with Gasteiger partial charge >= 0.3 is 0 Å². The van der Waals surface area contributed by atoms with Crippen LogP contribution in [0.25, 0.3) is 0 Å².